The maximum Gasteiger partial charge on any atom is 0.416 e. The summed E-state index contributed by atoms with van der Waals surface area (Å²) in [5.41, 5.74) is 2.02. The van der Waals surface area contributed by atoms with Gasteiger partial charge in [-0.2, -0.15) is 13.2 Å². The molecule has 8 heteroatoms. The summed E-state index contributed by atoms with van der Waals surface area (Å²) in [6.45, 7) is 0.407. The average Bonchev–Trinajstić information content (AvgIpc) is 2.71. The fraction of sp³-hybridized carbons (Fsp3) is 0.0952. The first-order valence-electron chi connectivity index (χ1n) is 8.69. The van der Waals surface area contributed by atoms with Crippen molar-refractivity contribution in [2.24, 2.45) is 0 Å². The zero-order valence-electron chi connectivity index (χ0n) is 14.9. The molecule has 4 nitrogen and oxygen atoms in total. The molecule has 29 heavy (non-hydrogen) atoms. The molecule has 2 aromatic heterocycles. The first-order chi connectivity index (χ1) is 13.9. The topological polar surface area (TPSA) is 50.7 Å². The molecule has 0 aliphatic rings. The summed E-state index contributed by atoms with van der Waals surface area (Å²) in [5, 5.41) is 3.96. The molecule has 0 saturated carbocycles. The Balaban J connectivity index is 1.78. The lowest BCUT2D eigenvalue weighted by Crippen LogP contribution is -2.05. The normalized spacial score (nSPS) is 11.6. The van der Waals surface area contributed by atoms with Crippen LogP contribution in [0.15, 0.2) is 66.9 Å². The van der Waals surface area contributed by atoms with Crippen LogP contribution in [0, 0.1) is 0 Å². The van der Waals surface area contributed by atoms with E-state index in [2.05, 4.69) is 20.3 Å². The lowest BCUT2D eigenvalue weighted by atomic mass is 9.99. The third kappa shape index (κ3) is 4.14. The number of rotatable bonds is 4. The van der Waals surface area contributed by atoms with Crippen LogP contribution in [0.25, 0.3) is 22.0 Å². The molecule has 0 aliphatic heterocycles. The van der Waals surface area contributed by atoms with Gasteiger partial charge < -0.3 is 5.32 Å². The molecule has 0 spiro atoms. The number of anilines is 1. The molecule has 0 radical (unpaired) electrons. The van der Waals surface area contributed by atoms with E-state index in [1.807, 2.05) is 24.3 Å². The molecule has 1 N–H and O–H groups in total. The van der Waals surface area contributed by atoms with Crippen LogP contribution in [0.4, 0.5) is 19.0 Å². The van der Waals surface area contributed by atoms with Gasteiger partial charge in [0.2, 0.25) is 5.28 Å². The SMILES string of the molecule is FC(F)(F)c1ccc(-c2cccc3nc(Cl)nc(NCc4ccccn4)c23)cc1. The third-order valence-corrected chi connectivity index (χ3v) is 4.55. The van der Waals surface area contributed by atoms with Crippen molar-refractivity contribution in [1.29, 1.82) is 0 Å². The van der Waals surface area contributed by atoms with Gasteiger partial charge in [0.05, 0.1) is 28.7 Å². The van der Waals surface area contributed by atoms with Gasteiger partial charge in [0, 0.05) is 6.20 Å². The highest BCUT2D eigenvalue weighted by Crippen LogP contribution is 2.35. The summed E-state index contributed by atoms with van der Waals surface area (Å²) >= 11 is 6.07. The smallest absolute Gasteiger partial charge is 0.364 e. The molecule has 0 aliphatic carbocycles. The van der Waals surface area contributed by atoms with E-state index in [0.29, 0.717) is 34.4 Å². The van der Waals surface area contributed by atoms with E-state index in [9.17, 15) is 13.2 Å². The quantitative estimate of drug-likeness (QED) is 0.417. The summed E-state index contributed by atoms with van der Waals surface area (Å²) in [7, 11) is 0. The molecule has 4 rings (SSSR count). The highest BCUT2D eigenvalue weighted by molar-refractivity contribution is 6.29. The van der Waals surface area contributed by atoms with Crippen LogP contribution in [-0.4, -0.2) is 15.0 Å². The number of hydrogen-bond donors (Lipinski definition) is 1. The second-order valence-electron chi connectivity index (χ2n) is 6.29. The first-order valence-corrected chi connectivity index (χ1v) is 9.07. The Hall–Kier alpha value is -3.19. The van der Waals surface area contributed by atoms with Gasteiger partial charge in [-0.05, 0) is 53.1 Å². The van der Waals surface area contributed by atoms with Crippen molar-refractivity contribution in [2.45, 2.75) is 12.7 Å². The van der Waals surface area contributed by atoms with Gasteiger partial charge >= 0.3 is 6.18 Å². The Bertz CT molecular complexity index is 1150. The number of hydrogen-bond acceptors (Lipinski definition) is 4. The van der Waals surface area contributed by atoms with Crippen LogP contribution >= 0.6 is 11.6 Å². The van der Waals surface area contributed by atoms with Crippen molar-refractivity contribution in [3.63, 3.8) is 0 Å². The lowest BCUT2D eigenvalue weighted by molar-refractivity contribution is -0.137. The maximum atomic E-state index is 12.9. The van der Waals surface area contributed by atoms with E-state index in [4.69, 9.17) is 11.6 Å². The number of nitrogens with zero attached hydrogens (tertiary/aromatic N) is 3. The first kappa shape index (κ1) is 19.1. The number of pyridine rings is 1. The van der Waals surface area contributed by atoms with E-state index in [0.717, 1.165) is 17.8 Å². The molecule has 2 aromatic carbocycles. The van der Waals surface area contributed by atoms with Crippen molar-refractivity contribution in [3.05, 3.63) is 83.4 Å². The number of fused-ring (bicyclic) bond motifs is 1. The molecule has 4 aromatic rings. The number of alkyl halides is 3. The van der Waals surface area contributed by atoms with Gasteiger partial charge in [-0.25, -0.2) is 9.97 Å². The number of benzene rings is 2. The minimum absolute atomic E-state index is 0.0746. The van der Waals surface area contributed by atoms with Crippen molar-refractivity contribution in [3.8, 4) is 11.1 Å². The number of halogens is 4. The zero-order chi connectivity index (χ0) is 20.4. The second kappa shape index (κ2) is 7.67. The van der Waals surface area contributed by atoms with Gasteiger partial charge in [0.1, 0.15) is 5.82 Å². The second-order valence-corrected chi connectivity index (χ2v) is 6.63. The van der Waals surface area contributed by atoms with Gasteiger partial charge in [0.15, 0.2) is 0 Å². The summed E-state index contributed by atoms with van der Waals surface area (Å²) in [6.07, 6.45) is -2.70. The fourth-order valence-electron chi connectivity index (χ4n) is 3.04. The predicted molar refractivity (Wildman–Crippen MR) is 107 cm³/mol. The van der Waals surface area contributed by atoms with Crippen LogP contribution in [0.5, 0.6) is 0 Å². The molecule has 0 unspecified atom stereocenters. The number of nitrogens with one attached hydrogen (secondary N) is 1. The summed E-state index contributed by atoms with van der Waals surface area (Å²) < 4.78 is 38.7. The number of aromatic nitrogens is 3. The van der Waals surface area contributed by atoms with Gasteiger partial charge in [-0.3, -0.25) is 4.98 Å². The highest BCUT2D eigenvalue weighted by atomic mass is 35.5. The molecule has 0 saturated heterocycles. The molecular weight excluding hydrogens is 401 g/mol. The van der Waals surface area contributed by atoms with Crippen LogP contribution in [-0.2, 0) is 12.7 Å². The molecule has 0 atom stereocenters. The minimum Gasteiger partial charge on any atom is -0.364 e. The van der Waals surface area contributed by atoms with Crippen molar-refractivity contribution < 1.29 is 13.2 Å². The molecule has 0 amide bonds. The summed E-state index contributed by atoms with van der Waals surface area (Å²) in [4.78, 5) is 12.8. The highest BCUT2D eigenvalue weighted by Gasteiger charge is 2.30. The Kier molecular flexibility index (Phi) is 5.07. The van der Waals surface area contributed by atoms with Crippen molar-refractivity contribution in [1.82, 2.24) is 15.0 Å². The zero-order valence-corrected chi connectivity index (χ0v) is 15.7. The minimum atomic E-state index is -4.39. The molecule has 2 heterocycles. The summed E-state index contributed by atoms with van der Waals surface area (Å²) in [6, 6.07) is 15.9. The lowest BCUT2D eigenvalue weighted by Gasteiger charge is -2.13. The van der Waals surface area contributed by atoms with Gasteiger partial charge in [-0.1, -0.05) is 30.3 Å². The fourth-order valence-corrected chi connectivity index (χ4v) is 3.21. The average molecular weight is 415 g/mol. The van der Waals surface area contributed by atoms with Crippen LogP contribution in [0.3, 0.4) is 0 Å². The Morgan fingerprint density at radius 2 is 1.69 bits per heavy atom. The predicted octanol–water partition coefficient (Wildman–Crippen LogP) is 5.98. The van der Waals surface area contributed by atoms with Crippen LogP contribution < -0.4 is 5.32 Å². The molecule has 0 bridgehead atoms. The van der Waals surface area contributed by atoms with Crippen LogP contribution in [0.2, 0.25) is 5.28 Å². The monoisotopic (exact) mass is 414 g/mol. The Morgan fingerprint density at radius 1 is 0.897 bits per heavy atom. The Labute approximate surface area is 169 Å². The molecule has 0 fully saturated rings. The van der Waals surface area contributed by atoms with Gasteiger partial charge in [0.25, 0.3) is 0 Å². The molecule has 146 valence electrons. The summed E-state index contributed by atoms with van der Waals surface area (Å²) in [5.74, 6) is 0.487. The van der Waals surface area contributed by atoms with E-state index in [1.54, 1.807) is 18.3 Å². The van der Waals surface area contributed by atoms with Crippen molar-refractivity contribution in [2.75, 3.05) is 5.32 Å². The maximum absolute atomic E-state index is 12.9. The van der Waals surface area contributed by atoms with E-state index >= 15 is 0 Å². The van der Waals surface area contributed by atoms with Gasteiger partial charge in [-0.15, -0.1) is 0 Å². The Morgan fingerprint density at radius 3 is 2.38 bits per heavy atom. The van der Waals surface area contributed by atoms with E-state index in [-0.39, 0.29) is 5.28 Å². The molecular formula is C21H14ClF3N4. The van der Waals surface area contributed by atoms with Crippen LogP contribution in [0.1, 0.15) is 11.3 Å². The van der Waals surface area contributed by atoms with E-state index in [1.165, 1.54) is 12.1 Å². The van der Waals surface area contributed by atoms with Crippen molar-refractivity contribution >= 4 is 28.3 Å². The largest absolute Gasteiger partial charge is 0.416 e. The third-order valence-electron chi connectivity index (χ3n) is 4.38. The standard InChI is InChI=1S/C21H14ClF3N4/c22-20-28-17-6-3-5-16(13-7-9-14(10-8-13)21(23,24)25)18(17)19(29-20)27-12-15-4-1-2-11-26-15/h1-11H,12H2,(H,27,28,29). The van der Waals surface area contributed by atoms with E-state index < -0.39 is 11.7 Å².